The highest BCUT2D eigenvalue weighted by molar-refractivity contribution is 7.92. The molecule has 9 nitrogen and oxygen atoms in total. The molecule has 0 atom stereocenters. The maximum atomic E-state index is 14.6. The number of carboxylic acid groups (broad SMARTS) is 1. The number of sulfonamides is 1. The van der Waals surface area contributed by atoms with E-state index in [2.05, 4.69) is 10.0 Å². The number of hydrogen-bond donors (Lipinski definition) is 3. The van der Waals surface area contributed by atoms with Crippen molar-refractivity contribution in [1.82, 2.24) is 4.90 Å². The molecular weight excluding hydrogens is 477 g/mol. The van der Waals surface area contributed by atoms with Crippen LogP contribution in [0.3, 0.4) is 0 Å². The minimum absolute atomic E-state index is 0.0583. The van der Waals surface area contributed by atoms with Crippen molar-refractivity contribution in [1.29, 1.82) is 0 Å². The largest absolute Gasteiger partial charge is 0.497 e. The zero-order valence-corrected chi connectivity index (χ0v) is 20.0. The molecule has 2 amide bonds. The van der Waals surface area contributed by atoms with E-state index in [1.807, 2.05) is 0 Å². The molecular formula is C24H26FN3O6S. The first kappa shape index (κ1) is 23.4. The summed E-state index contributed by atoms with van der Waals surface area (Å²) in [6, 6.07) is 6.86. The van der Waals surface area contributed by atoms with E-state index in [1.54, 1.807) is 12.1 Å². The van der Waals surface area contributed by atoms with E-state index in [-0.39, 0.29) is 23.3 Å². The van der Waals surface area contributed by atoms with Crippen molar-refractivity contribution >= 4 is 33.4 Å². The topological polar surface area (TPSA) is 125 Å². The lowest BCUT2D eigenvalue weighted by Gasteiger charge is -2.36. The summed E-state index contributed by atoms with van der Waals surface area (Å²) in [4.78, 5) is 25.1. The molecule has 3 aliphatic rings. The Morgan fingerprint density at radius 1 is 1.23 bits per heavy atom. The fourth-order valence-electron chi connectivity index (χ4n) is 5.36. The summed E-state index contributed by atoms with van der Waals surface area (Å²) in [6.07, 6.45) is 2.36. The molecule has 0 aromatic heterocycles. The molecule has 2 aromatic rings. The lowest BCUT2D eigenvalue weighted by Crippen LogP contribution is -2.40. The number of hydrogen-bond acceptors (Lipinski definition) is 5. The summed E-state index contributed by atoms with van der Waals surface area (Å²) in [5.41, 5.74) is 1.79. The van der Waals surface area contributed by atoms with Gasteiger partial charge in [0.1, 0.15) is 16.5 Å². The number of amides is 2. The van der Waals surface area contributed by atoms with Gasteiger partial charge in [-0.25, -0.2) is 17.6 Å². The quantitative estimate of drug-likeness (QED) is 0.569. The number of halogens is 1. The fraction of sp³-hybridized carbons (Fsp3) is 0.417. The number of rotatable bonds is 5. The van der Waals surface area contributed by atoms with Crippen molar-refractivity contribution in [3.05, 3.63) is 47.3 Å². The molecule has 2 fully saturated rings. The SMILES string of the molecule is COc1ccc(S(=O)(=O)Nc2cc(C3CCN(C(=O)O)CC3)c3c(c2)C2(CCC2)C(=O)N3)c(F)c1. The van der Waals surface area contributed by atoms with Gasteiger partial charge < -0.3 is 20.1 Å². The van der Waals surface area contributed by atoms with Crippen LogP contribution in [0.4, 0.5) is 20.6 Å². The van der Waals surface area contributed by atoms with Crippen LogP contribution in [0.15, 0.2) is 35.2 Å². The van der Waals surface area contributed by atoms with Crippen LogP contribution in [0.25, 0.3) is 0 Å². The number of ether oxygens (including phenoxy) is 1. The van der Waals surface area contributed by atoms with Gasteiger partial charge >= 0.3 is 6.09 Å². The number of benzene rings is 2. The van der Waals surface area contributed by atoms with Crippen molar-refractivity contribution in [3.63, 3.8) is 0 Å². The number of likely N-dealkylation sites (tertiary alicyclic amines) is 1. The smallest absolute Gasteiger partial charge is 0.407 e. The Morgan fingerprint density at radius 3 is 2.51 bits per heavy atom. The third kappa shape index (κ3) is 3.87. The van der Waals surface area contributed by atoms with Crippen molar-refractivity contribution in [3.8, 4) is 5.75 Å². The summed E-state index contributed by atoms with van der Waals surface area (Å²) in [6.45, 7) is 0.696. The Labute approximate surface area is 202 Å². The number of nitrogens with one attached hydrogen (secondary N) is 2. The Hall–Kier alpha value is -3.34. The number of carbonyl (C=O) groups excluding carboxylic acids is 1. The predicted molar refractivity (Wildman–Crippen MR) is 126 cm³/mol. The Bertz CT molecular complexity index is 1320. The molecule has 2 aliphatic heterocycles. The molecule has 2 heterocycles. The number of anilines is 2. The molecule has 1 spiro atoms. The molecule has 2 aromatic carbocycles. The van der Waals surface area contributed by atoms with E-state index >= 15 is 0 Å². The van der Waals surface area contributed by atoms with Gasteiger partial charge in [-0.05, 0) is 67.0 Å². The van der Waals surface area contributed by atoms with Crippen LogP contribution in [-0.4, -0.2) is 50.6 Å². The molecule has 35 heavy (non-hydrogen) atoms. The van der Waals surface area contributed by atoms with E-state index in [0.717, 1.165) is 29.7 Å². The molecule has 3 N–H and O–H groups in total. The van der Waals surface area contributed by atoms with Gasteiger partial charge in [0.05, 0.1) is 12.5 Å². The molecule has 1 aliphatic carbocycles. The Balaban J connectivity index is 1.53. The second-order valence-corrected chi connectivity index (χ2v) is 11.0. The maximum absolute atomic E-state index is 14.6. The lowest BCUT2D eigenvalue weighted by molar-refractivity contribution is -0.123. The van der Waals surface area contributed by atoms with Crippen LogP contribution < -0.4 is 14.8 Å². The monoisotopic (exact) mass is 503 g/mol. The van der Waals surface area contributed by atoms with Crippen molar-refractivity contribution in [2.75, 3.05) is 30.2 Å². The second kappa shape index (κ2) is 8.40. The zero-order chi connectivity index (χ0) is 25.0. The van der Waals surface area contributed by atoms with Gasteiger partial charge in [0, 0.05) is 30.5 Å². The Kier molecular flexibility index (Phi) is 5.62. The van der Waals surface area contributed by atoms with Crippen LogP contribution >= 0.6 is 0 Å². The minimum atomic E-state index is -4.27. The summed E-state index contributed by atoms with van der Waals surface area (Å²) in [5.74, 6) is -0.890. The molecule has 0 radical (unpaired) electrons. The number of nitrogens with zero attached hydrogens (tertiary/aromatic N) is 1. The average molecular weight is 504 g/mol. The molecule has 0 bridgehead atoms. The number of carbonyl (C=O) groups is 2. The summed E-state index contributed by atoms with van der Waals surface area (Å²) in [7, 11) is -2.90. The Morgan fingerprint density at radius 2 is 1.94 bits per heavy atom. The van der Waals surface area contributed by atoms with Gasteiger partial charge in [0.15, 0.2) is 0 Å². The van der Waals surface area contributed by atoms with Gasteiger partial charge in [-0.2, -0.15) is 0 Å². The number of fused-ring (bicyclic) bond motifs is 2. The lowest BCUT2D eigenvalue weighted by atomic mass is 9.64. The summed E-state index contributed by atoms with van der Waals surface area (Å²) in [5, 5.41) is 12.3. The van der Waals surface area contributed by atoms with Gasteiger partial charge in [-0.3, -0.25) is 9.52 Å². The van der Waals surface area contributed by atoms with Crippen molar-refractivity contribution < 1.29 is 32.2 Å². The average Bonchev–Trinajstić information content (AvgIpc) is 3.10. The predicted octanol–water partition coefficient (Wildman–Crippen LogP) is 3.87. The maximum Gasteiger partial charge on any atom is 0.407 e. The number of methoxy groups -OCH3 is 1. The van der Waals surface area contributed by atoms with E-state index in [1.165, 1.54) is 18.1 Å². The summed E-state index contributed by atoms with van der Waals surface area (Å²) >= 11 is 0. The highest BCUT2D eigenvalue weighted by Crippen LogP contribution is 2.54. The van der Waals surface area contributed by atoms with E-state index in [4.69, 9.17) is 4.74 Å². The summed E-state index contributed by atoms with van der Waals surface area (Å²) < 4.78 is 48.2. The highest BCUT2D eigenvalue weighted by atomic mass is 32.2. The minimum Gasteiger partial charge on any atom is -0.497 e. The molecule has 1 saturated heterocycles. The van der Waals surface area contributed by atoms with Gasteiger partial charge in [-0.1, -0.05) is 6.42 Å². The van der Waals surface area contributed by atoms with Crippen LogP contribution in [-0.2, 0) is 20.2 Å². The first-order valence-electron chi connectivity index (χ1n) is 11.5. The highest BCUT2D eigenvalue weighted by Gasteiger charge is 2.52. The van der Waals surface area contributed by atoms with E-state index < -0.39 is 32.2 Å². The van der Waals surface area contributed by atoms with E-state index in [9.17, 15) is 27.5 Å². The second-order valence-electron chi connectivity index (χ2n) is 9.32. The fourth-order valence-corrected chi connectivity index (χ4v) is 6.46. The molecule has 5 rings (SSSR count). The molecule has 0 unspecified atom stereocenters. The normalized spacial score (nSPS) is 19.1. The molecule has 11 heteroatoms. The van der Waals surface area contributed by atoms with Gasteiger partial charge in [-0.15, -0.1) is 0 Å². The molecule has 186 valence electrons. The van der Waals surface area contributed by atoms with Crippen LogP contribution in [0.1, 0.15) is 49.1 Å². The first-order chi connectivity index (χ1) is 16.6. The third-order valence-electron chi connectivity index (χ3n) is 7.45. The molecule has 1 saturated carbocycles. The van der Waals surface area contributed by atoms with Crippen LogP contribution in [0.2, 0.25) is 0 Å². The van der Waals surface area contributed by atoms with Crippen LogP contribution in [0.5, 0.6) is 5.75 Å². The van der Waals surface area contributed by atoms with Gasteiger partial charge in [0.25, 0.3) is 10.0 Å². The van der Waals surface area contributed by atoms with E-state index in [0.29, 0.717) is 44.5 Å². The zero-order valence-electron chi connectivity index (χ0n) is 19.1. The van der Waals surface area contributed by atoms with Crippen molar-refractivity contribution in [2.24, 2.45) is 0 Å². The first-order valence-corrected chi connectivity index (χ1v) is 13.0. The van der Waals surface area contributed by atoms with Crippen LogP contribution in [0, 0.1) is 5.82 Å². The van der Waals surface area contributed by atoms with Crippen molar-refractivity contribution in [2.45, 2.75) is 48.3 Å². The number of piperidine rings is 1. The van der Waals surface area contributed by atoms with Gasteiger partial charge in [0.2, 0.25) is 5.91 Å². The standard InChI is InChI=1S/C24H26FN3O6S/c1-34-16-3-4-20(19(25)13-16)35(32,33)27-15-11-17(14-5-9-28(10-6-14)23(30)31)21-18(12-15)24(7-2-8-24)22(29)26-21/h3-4,11-14,27H,2,5-10H2,1H3,(H,26,29)(H,30,31). The third-order valence-corrected chi connectivity index (χ3v) is 8.87.